The number of aromatic nitrogens is 4. The van der Waals surface area contributed by atoms with Crippen molar-refractivity contribution in [1.82, 2.24) is 25.1 Å². The summed E-state index contributed by atoms with van der Waals surface area (Å²) < 4.78 is 13.9. The summed E-state index contributed by atoms with van der Waals surface area (Å²) in [6, 6.07) is 6.05. The van der Waals surface area contributed by atoms with Crippen LogP contribution in [0.15, 0.2) is 43.1 Å². The Kier molecular flexibility index (Phi) is 4.78. The highest BCUT2D eigenvalue weighted by molar-refractivity contribution is 5.79. The molecule has 156 valence electrons. The fraction of sp³-hybridized carbons (Fsp3) is 0.409. The third kappa shape index (κ3) is 3.70. The Balaban J connectivity index is 1.46. The third-order valence-corrected chi connectivity index (χ3v) is 5.97. The number of H-pyrrole nitrogens is 1. The van der Waals surface area contributed by atoms with Crippen molar-refractivity contribution in [2.75, 3.05) is 13.2 Å². The van der Waals surface area contributed by atoms with Gasteiger partial charge in [-0.3, -0.25) is 9.48 Å². The number of amides is 1. The SMILES string of the molecule is Cn1cc(-c2ccc3c(c2)C(NC(=O)Cc2cnc[nH]2)CC2(CCOCC2)O3)cn1. The first-order valence-corrected chi connectivity index (χ1v) is 10.3. The molecule has 4 heterocycles. The van der Waals surface area contributed by atoms with E-state index in [9.17, 15) is 4.79 Å². The zero-order chi connectivity index (χ0) is 20.6. The average Bonchev–Trinajstić information content (AvgIpc) is 3.40. The summed E-state index contributed by atoms with van der Waals surface area (Å²) in [5.74, 6) is 0.800. The molecule has 30 heavy (non-hydrogen) atoms. The van der Waals surface area contributed by atoms with Gasteiger partial charge in [-0.25, -0.2) is 4.98 Å². The van der Waals surface area contributed by atoms with E-state index in [1.54, 1.807) is 17.2 Å². The molecule has 1 saturated heterocycles. The van der Waals surface area contributed by atoms with Crippen molar-refractivity contribution in [3.8, 4) is 16.9 Å². The summed E-state index contributed by atoms with van der Waals surface area (Å²) >= 11 is 0. The molecule has 5 rings (SSSR count). The van der Waals surface area contributed by atoms with Crippen LogP contribution in [0.2, 0.25) is 0 Å². The molecule has 0 bridgehead atoms. The van der Waals surface area contributed by atoms with Gasteiger partial charge in [-0.15, -0.1) is 0 Å². The van der Waals surface area contributed by atoms with Gasteiger partial charge in [0.05, 0.1) is 38.2 Å². The number of carbonyl (C=O) groups is 1. The molecular formula is C22H25N5O3. The number of aryl methyl sites for hydroxylation is 1. The van der Waals surface area contributed by atoms with Gasteiger partial charge in [0.25, 0.3) is 0 Å². The average molecular weight is 407 g/mol. The predicted octanol–water partition coefficient (Wildman–Crippen LogP) is 2.54. The van der Waals surface area contributed by atoms with Crippen molar-refractivity contribution < 1.29 is 14.3 Å². The number of fused-ring (bicyclic) bond motifs is 1. The van der Waals surface area contributed by atoms with Crippen LogP contribution in [-0.4, -0.2) is 44.5 Å². The van der Waals surface area contributed by atoms with Crippen LogP contribution in [0.3, 0.4) is 0 Å². The van der Waals surface area contributed by atoms with Gasteiger partial charge in [-0.2, -0.15) is 5.10 Å². The topological polar surface area (TPSA) is 94.1 Å². The number of rotatable bonds is 4. The first-order valence-electron chi connectivity index (χ1n) is 10.3. The van der Waals surface area contributed by atoms with Gasteiger partial charge in [0.2, 0.25) is 5.91 Å². The van der Waals surface area contributed by atoms with E-state index in [1.165, 1.54) is 0 Å². The first-order chi connectivity index (χ1) is 14.6. The number of hydrogen-bond acceptors (Lipinski definition) is 5. The molecule has 8 nitrogen and oxygen atoms in total. The van der Waals surface area contributed by atoms with Gasteiger partial charge in [-0.05, 0) is 17.7 Å². The Bertz CT molecular complexity index is 1040. The molecule has 1 amide bonds. The maximum Gasteiger partial charge on any atom is 0.226 e. The van der Waals surface area contributed by atoms with E-state index in [0.717, 1.165) is 47.4 Å². The lowest BCUT2D eigenvalue weighted by atomic mass is 9.81. The molecule has 0 radical (unpaired) electrons. The molecule has 0 saturated carbocycles. The second-order valence-corrected chi connectivity index (χ2v) is 8.13. The largest absolute Gasteiger partial charge is 0.487 e. The lowest BCUT2D eigenvalue weighted by Crippen LogP contribution is -2.48. The monoisotopic (exact) mass is 407 g/mol. The Hall–Kier alpha value is -3.13. The van der Waals surface area contributed by atoms with Crippen molar-refractivity contribution >= 4 is 5.91 Å². The highest BCUT2D eigenvalue weighted by Crippen LogP contribution is 2.45. The molecule has 8 heteroatoms. The van der Waals surface area contributed by atoms with Crippen LogP contribution in [0.25, 0.3) is 11.1 Å². The van der Waals surface area contributed by atoms with Crippen molar-refractivity contribution in [3.63, 3.8) is 0 Å². The van der Waals surface area contributed by atoms with E-state index in [0.29, 0.717) is 13.2 Å². The predicted molar refractivity (Wildman–Crippen MR) is 110 cm³/mol. The van der Waals surface area contributed by atoms with Crippen molar-refractivity contribution in [2.24, 2.45) is 7.05 Å². The van der Waals surface area contributed by atoms with Gasteiger partial charge < -0.3 is 19.8 Å². The minimum Gasteiger partial charge on any atom is -0.487 e. The lowest BCUT2D eigenvalue weighted by molar-refractivity contribution is -0.122. The molecule has 1 atom stereocenters. The number of nitrogens with zero attached hydrogens (tertiary/aromatic N) is 3. The summed E-state index contributed by atoms with van der Waals surface area (Å²) in [5.41, 5.74) is 3.60. The second-order valence-electron chi connectivity index (χ2n) is 8.13. The minimum absolute atomic E-state index is 0.0360. The number of aromatic amines is 1. The summed E-state index contributed by atoms with van der Waals surface area (Å²) in [6.45, 7) is 1.36. The summed E-state index contributed by atoms with van der Waals surface area (Å²) in [4.78, 5) is 19.8. The number of imidazole rings is 1. The number of nitrogens with one attached hydrogen (secondary N) is 2. The number of carbonyl (C=O) groups excluding carboxylic acids is 1. The molecular weight excluding hydrogens is 382 g/mol. The van der Waals surface area contributed by atoms with Crippen LogP contribution >= 0.6 is 0 Å². The van der Waals surface area contributed by atoms with Gasteiger partial charge in [0.15, 0.2) is 0 Å². The Morgan fingerprint density at radius 2 is 2.17 bits per heavy atom. The summed E-state index contributed by atoms with van der Waals surface area (Å²) in [6.07, 6.45) is 9.74. The lowest BCUT2D eigenvalue weighted by Gasteiger charge is -2.44. The summed E-state index contributed by atoms with van der Waals surface area (Å²) in [5, 5.41) is 7.52. The quantitative estimate of drug-likeness (QED) is 0.693. The third-order valence-electron chi connectivity index (χ3n) is 5.97. The highest BCUT2D eigenvalue weighted by Gasteiger charge is 2.42. The van der Waals surface area contributed by atoms with Crippen molar-refractivity contribution in [2.45, 2.75) is 37.3 Å². The van der Waals surface area contributed by atoms with Gasteiger partial charge in [0.1, 0.15) is 11.4 Å². The van der Waals surface area contributed by atoms with Crippen molar-refractivity contribution in [1.29, 1.82) is 0 Å². The maximum absolute atomic E-state index is 12.8. The summed E-state index contributed by atoms with van der Waals surface area (Å²) in [7, 11) is 1.90. The fourth-order valence-electron chi connectivity index (χ4n) is 4.40. The normalized spacial score (nSPS) is 19.8. The van der Waals surface area contributed by atoms with Crippen molar-refractivity contribution in [3.05, 3.63) is 54.4 Å². The minimum atomic E-state index is -0.299. The standard InChI is InChI=1S/C22H25N5O3/c1-27-13-16(11-25-27)15-2-3-20-18(8-15)19(10-22(30-20)4-6-29-7-5-22)26-21(28)9-17-12-23-14-24-17/h2-3,8,11-14,19H,4-7,9-10H2,1H3,(H,23,24)(H,26,28). The molecule has 2 N–H and O–H groups in total. The van der Waals surface area contributed by atoms with E-state index < -0.39 is 0 Å². The van der Waals surface area contributed by atoms with E-state index >= 15 is 0 Å². The molecule has 1 unspecified atom stereocenters. The van der Waals surface area contributed by atoms with E-state index in [1.807, 2.05) is 25.5 Å². The van der Waals surface area contributed by atoms with Crippen LogP contribution in [0.5, 0.6) is 5.75 Å². The Labute approximate surface area is 174 Å². The second kappa shape index (κ2) is 7.60. The molecule has 2 aromatic heterocycles. The molecule has 3 aromatic rings. The fourth-order valence-corrected chi connectivity index (χ4v) is 4.40. The van der Waals surface area contributed by atoms with Crippen LogP contribution in [0.4, 0.5) is 0 Å². The van der Waals surface area contributed by atoms with E-state index in [4.69, 9.17) is 9.47 Å². The Morgan fingerprint density at radius 3 is 2.90 bits per heavy atom. The van der Waals surface area contributed by atoms with E-state index in [2.05, 4.69) is 32.5 Å². The highest BCUT2D eigenvalue weighted by atomic mass is 16.5. The molecule has 2 aliphatic heterocycles. The van der Waals surface area contributed by atoms with Gasteiger partial charge >= 0.3 is 0 Å². The van der Waals surface area contributed by atoms with Crippen LogP contribution in [0.1, 0.15) is 36.6 Å². The molecule has 2 aliphatic rings. The van der Waals surface area contributed by atoms with Crippen LogP contribution in [-0.2, 0) is 23.0 Å². The molecule has 0 aliphatic carbocycles. The number of ether oxygens (including phenoxy) is 2. The van der Waals surface area contributed by atoms with E-state index in [-0.39, 0.29) is 24.0 Å². The number of hydrogen-bond donors (Lipinski definition) is 2. The number of benzene rings is 1. The van der Waals surface area contributed by atoms with Gasteiger partial charge in [0, 0.05) is 55.5 Å². The first kappa shape index (κ1) is 18.9. The Morgan fingerprint density at radius 1 is 1.30 bits per heavy atom. The molecule has 1 aromatic carbocycles. The molecule has 1 fully saturated rings. The smallest absolute Gasteiger partial charge is 0.226 e. The zero-order valence-corrected chi connectivity index (χ0v) is 16.9. The zero-order valence-electron chi connectivity index (χ0n) is 16.9. The maximum atomic E-state index is 12.8. The van der Waals surface area contributed by atoms with Crippen LogP contribution < -0.4 is 10.1 Å². The van der Waals surface area contributed by atoms with Gasteiger partial charge in [-0.1, -0.05) is 6.07 Å². The molecule has 1 spiro atoms. The van der Waals surface area contributed by atoms with Crippen LogP contribution in [0, 0.1) is 0 Å².